The number of nitrogens with zero attached hydrogens (tertiary/aromatic N) is 1. The van der Waals surface area contributed by atoms with E-state index in [2.05, 4.69) is 30.1 Å². The Labute approximate surface area is 187 Å². The zero-order valence-electron chi connectivity index (χ0n) is 18.5. The molecule has 4 aromatic rings. The van der Waals surface area contributed by atoms with E-state index in [1.807, 2.05) is 60.4 Å². The molecule has 5 nitrogen and oxygen atoms in total. The van der Waals surface area contributed by atoms with Crippen LogP contribution in [0.15, 0.2) is 66.7 Å². The van der Waals surface area contributed by atoms with Crippen LogP contribution in [0.1, 0.15) is 34.0 Å². The average Bonchev–Trinajstić information content (AvgIpc) is 3.18. The Hall–Kier alpha value is -3.73. The Bertz CT molecular complexity index is 1270. The number of methoxy groups -OCH3 is 1. The number of hydrogen-bond acceptors (Lipinski definition) is 3. The molecule has 1 aromatic heterocycles. The molecule has 0 spiro atoms. The number of nitrogens with one attached hydrogen (secondary N) is 1. The molecular weight excluding hydrogens is 400 g/mol. The predicted molar refractivity (Wildman–Crippen MR) is 125 cm³/mol. The van der Waals surface area contributed by atoms with E-state index in [4.69, 9.17) is 9.47 Å². The summed E-state index contributed by atoms with van der Waals surface area (Å²) in [5.74, 6) is 1.33. The molecule has 1 unspecified atom stereocenters. The number of hydrogen-bond donors (Lipinski definition) is 1. The van der Waals surface area contributed by atoms with E-state index in [1.165, 1.54) is 16.5 Å². The third-order valence-corrected chi connectivity index (χ3v) is 6.17. The number of benzene rings is 3. The highest BCUT2D eigenvalue weighted by Gasteiger charge is 2.35. The van der Waals surface area contributed by atoms with Crippen molar-refractivity contribution in [1.82, 2.24) is 9.88 Å². The van der Waals surface area contributed by atoms with E-state index < -0.39 is 0 Å². The van der Waals surface area contributed by atoms with Crippen molar-refractivity contribution in [2.24, 2.45) is 0 Å². The second-order valence-electron chi connectivity index (χ2n) is 8.37. The summed E-state index contributed by atoms with van der Waals surface area (Å²) in [4.78, 5) is 18.7. The number of aromatic amines is 1. The summed E-state index contributed by atoms with van der Waals surface area (Å²) in [5.41, 5.74) is 6.76. The normalized spacial score (nSPS) is 15.5. The molecule has 162 valence electrons. The number of aryl methyl sites for hydroxylation is 2. The van der Waals surface area contributed by atoms with Crippen LogP contribution in [0.3, 0.4) is 0 Å². The molecule has 0 radical (unpaired) electrons. The largest absolute Gasteiger partial charge is 0.497 e. The van der Waals surface area contributed by atoms with Gasteiger partial charge in [-0.15, -0.1) is 0 Å². The molecular formula is C27H26N2O3. The van der Waals surface area contributed by atoms with E-state index in [9.17, 15) is 4.79 Å². The Morgan fingerprint density at radius 1 is 0.938 bits per heavy atom. The maximum absolute atomic E-state index is 13.3. The highest BCUT2D eigenvalue weighted by Crippen LogP contribution is 2.39. The third kappa shape index (κ3) is 3.60. The lowest BCUT2D eigenvalue weighted by atomic mass is 9.92. The van der Waals surface area contributed by atoms with Gasteiger partial charge in [-0.2, -0.15) is 0 Å². The SMILES string of the molecule is COc1ccc(C2c3[nH]c4ccc(C)cc4c3CCN2C(=O)Oc2ccc(C)cc2)cc1. The van der Waals surface area contributed by atoms with Crippen molar-refractivity contribution in [3.63, 3.8) is 0 Å². The summed E-state index contributed by atoms with van der Waals surface area (Å²) in [6.45, 7) is 4.69. The topological polar surface area (TPSA) is 54.6 Å². The van der Waals surface area contributed by atoms with Crippen molar-refractivity contribution in [2.45, 2.75) is 26.3 Å². The van der Waals surface area contributed by atoms with Gasteiger partial charge in [0.2, 0.25) is 0 Å². The smallest absolute Gasteiger partial charge is 0.416 e. The van der Waals surface area contributed by atoms with Crippen molar-refractivity contribution in [2.75, 3.05) is 13.7 Å². The lowest BCUT2D eigenvalue weighted by Crippen LogP contribution is -2.42. The summed E-state index contributed by atoms with van der Waals surface area (Å²) in [5, 5.41) is 1.23. The second kappa shape index (κ2) is 8.08. The molecule has 1 amide bonds. The summed E-state index contributed by atoms with van der Waals surface area (Å²) in [6, 6.07) is 21.6. The van der Waals surface area contributed by atoms with Gasteiger partial charge in [-0.25, -0.2) is 4.79 Å². The summed E-state index contributed by atoms with van der Waals surface area (Å²) in [7, 11) is 1.65. The van der Waals surface area contributed by atoms with Gasteiger partial charge in [0.25, 0.3) is 0 Å². The summed E-state index contributed by atoms with van der Waals surface area (Å²) < 4.78 is 11.1. The van der Waals surface area contributed by atoms with Gasteiger partial charge in [0.15, 0.2) is 0 Å². The van der Waals surface area contributed by atoms with Gasteiger partial charge < -0.3 is 14.5 Å². The molecule has 3 aromatic carbocycles. The van der Waals surface area contributed by atoms with Crippen LogP contribution in [0.25, 0.3) is 10.9 Å². The van der Waals surface area contributed by atoms with E-state index >= 15 is 0 Å². The van der Waals surface area contributed by atoms with Gasteiger partial charge in [-0.1, -0.05) is 41.5 Å². The predicted octanol–water partition coefficient (Wildman–Crippen LogP) is 5.94. The molecule has 1 N–H and O–H groups in total. The zero-order valence-corrected chi connectivity index (χ0v) is 18.5. The first-order valence-corrected chi connectivity index (χ1v) is 10.8. The molecule has 5 heteroatoms. The van der Waals surface area contributed by atoms with Crippen LogP contribution >= 0.6 is 0 Å². The van der Waals surface area contributed by atoms with Crippen molar-refractivity contribution in [3.8, 4) is 11.5 Å². The lowest BCUT2D eigenvalue weighted by Gasteiger charge is -2.35. The first-order chi connectivity index (χ1) is 15.5. The zero-order chi connectivity index (χ0) is 22.2. The second-order valence-corrected chi connectivity index (χ2v) is 8.37. The number of aromatic nitrogens is 1. The number of fused-ring (bicyclic) bond motifs is 3. The molecule has 0 aliphatic carbocycles. The minimum absolute atomic E-state index is 0.268. The van der Waals surface area contributed by atoms with Crippen LogP contribution in [0.4, 0.5) is 4.79 Å². The molecule has 32 heavy (non-hydrogen) atoms. The Morgan fingerprint density at radius 2 is 1.62 bits per heavy atom. The fourth-order valence-electron chi connectivity index (χ4n) is 4.50. The molecule has 0 fully saturated rings. The molecule has 1 atom stereocenters. The van der Waals surface area contributed by atoms with Crippen LogP contribution < -0.4 is 9.47 Å². The van der Waals surface area contributed by atoms with Crippen LogP contribution in [0.5, 0.6) is 11.5 Å². The van der Waals surface area contributed by atoms with Crippen LogP contribution in [-0.2, 0) is 6.42 Å². The van der Waals surface area contributed by atoms with Crippen molar-refractivity contribution in [3.05, 3.63) is 94.7 Å². The van der Waals surface area contributed by atoms with Crippen molar-refractivity contribution in [1.29, 1.82) is 0 Å². The number of carbonyl (C=O) groups is 1. The Balaban J connectivity index is 1.57. The molecule has 1 aliphatic rings. The Kier molecular flexibility index (Phi) is 5.10. The van der Waals surface area contributed by atoms with Crippen LogP contribution in [-0.4, -0.2) is 29.6 Å². The van der Waals surface area contributed by atoms with Gasteiger partial charge in [-0.3, -0.25) is 4.90 Å². The number of amides is 1. The molecule has 0 saturated heterocycles. The molecule has 1 aliphatic heterocycles. The maximum atomic E-state index is 13.3. The summed E-state index contributed by atoms with van der Waals surface area (Å²) in [6.07, 6.45) is 0.421. The first kappa shape index (κ1) is 20.2. The highest BCUT2D eigenvalue weighted by atomic mass is 16.6. The highest BCUT2D eigenvalue weighted by molar-refractivity contribution is 5.87. The molecule has 0 bridgehead atoms. The first-order valence-electron chi connectivity index (χ1n) is 10.8. The van der Waals surface area contributed by atoms with Gasteiger partial charge in [0.1, 0.15) is 17.5 Å². The van der Waals surface area contributed by atoms with Crippen molar-refractivity contribution >= 4 is 17.0 Å². The number of rotatable bonds is 3. The van der Waals surface area contributed by atoms with Gasteiger partial charge in [0.05, 0.1) is 7.11 Å². The Morgan fingerprint density at radius 3 is 2.34 bits per heavy atom. The average molecular weight is 427 g/mol. The molecule has 0 saturated carbocycles. The summed E-state index contributed by atoms with van der Waals surface area (Å²) >= 11 is 0. The minimum Gasteiger partial charge on any atom is -0.497 e. The van der Waals surface area contributed by atoms with Gasteiger partial charge >= 0.3 is 6.09 Å². The number of H-pyrrole nitrogens is 1. The third-order valence-electron chi connectivity index (χ3n) is 6.17. The maximum Gasteiger partial charge on any atom is 0.416 e. The fraction of sp³-hybridized carbons (Fsp3) is 0.222. The van der Waals surface area contributed by atoms with Crippen LogP contribution in [0, 0.1) is 13.8 Å². The monoisotopic (exact) mass is 426 g/mol. The van der Waals surface area contributed by atoms with Crippen molar-refractivity contribution < 1.29 is 14.3 Å². The molecule has 2 heterocycles. The lowest BCUT2D eigenvalue weighted by molar-refractivity contribution is 0.135. The van der Waals surface area contributed by atoms with E-state index in [-0.39, 0.29) is 12.1 Å². The standard InChI is InChI=1S/C27H26N2O3/c1-17-4-9-21(10-5-17)32-27(30)29-15-14-22-23-16-18(2)6-13-24(23)28-25(22)26(29)19-7-11-20(31-3)12-8-19/h4-13,16,26,28H,14-15H2,1-3H3. The van der Waals surface area contributed by atoms with Crippen LogP contribution in [0.2, 0.25) is 0 Å². The number of carbonyl (C=O) groups excluding carboxylic acids is 1. The minimum atomic E-state index is -0.352. The van der Waals surface area contributed by atoms with E-state index in [0.29, 0.717) is 12.3 Å². The number of ether oxygens (including phenoxy) is 2. The van der Waals surface area contributed by atoms with Gasteiger partial charge in [0, 0.05) is 23.1 Å². The molecule has 5 rings (SSSR count). The van der Waals surface area contributed by atoms with Gasteiger partial charge in [-0.05, 0) is 67.8 Å². The fourth-order valence-corrected chi connectivity index (χ4v) is 4.50. The van der Waals surface area contributed by atoms with E-state index in [0.717, 1.165) is 34.5 Å². The van der Waals surface area contributed by atoms with E-state index in [1.54, 1.807) is 7.11 Å². The quantitative estimate of drug-likeness (QED) is 0.441.